The molecule has 0 spiro atoms. The lowest BCUT2D eigenvalue weighted by atomic mass is 9.99. The van der Waals surface area contributed by atoms with Crippen LogP contribution in [0.1, 0.15) is 31.2 Å². The number of thioether (sulfide) groups is 1. The molecule has 0 saturated heterocycles. The molecule has 0 bridgehead atoms. The summed E-state index contributed by atoms with van der Waals surface area (Å²) in [5.74, 6) is 0.436. The molecular weight excluding hydrogens is 204 g/mol. The lowest BCUT2D eigenvalue weighted by molar-refractivity contribution is -0.120. The van der Waals surface area contributed by atoms with Crippen molar-refractivity contribution in [3.8, 4) is 0 Å². The Morgan fingerprint density at radius 3 is 3.00 bits per heavy atom. The van der Waals surface area contributed by atoms with Gasteiger partial charge in [-0.2, -0.15) is 0 Å². The summed E-state index contributed by atoms with van der Waals surface area (Å²) >= 11 is 1.86. The molecule has 0 N–H and O–H groups in total. The fraction of sp³-hybridized carbons (Fsp3) is 0.462. The third kappa shape index (κ3) is 3.10. The maximum Gasteiger partial charge on any atom is 0.134 e. The first kappa shape index (κ1) is 10.7. The van der Waals surface area contributed by atoms with Crippen molar-refractivity contribution in [1.29, 1.82) is 0 Å². The molecule has 2 rings (SSSR count). The Labute approximate surface area is 95.3 Å². The Morgan fingerprint density at radius 1 is 1.40 bits per heavy atom. The van der Waals surface area contributed by atoms with Crippen LogP contribution in [0, 0.1) is 6.92 Å². The molecule has 0 aromatic heterocycles. The molecule has 1 aliphatic carbocycles. The summed E-state index contributed by atoms with van der Waals surface area (Å²) in [6.07, 6.45) is 3.82. The van der Waals surface area contributed by atoms with Crippen molar-refractivity contribution in [1.82, 2.24) is 0 Å². The quantitative estimate of drug-likeness (QED) is 0.757. The van der Waals surface area contributed by atoms with Crippen LogP contribution in [0.4, 0.5) is 0 Å². The monoisotopic (exact) mass is 220 g/mol. The molecule has 0 aliphatic heterocycles. The van der Waals surface area contributed by atoms with Crippen LogP contribution in [0.5, 0.6) is 0 Å². The summed E-state index contributed by atoms with van der Waals surface area (Å²) in [6.45, 7) is 2.11. The normalized spacial score (nSPS) is 21.7. The van der Waals surface area contributed by atoms with E-state index in [4.69, 9.17) is 0 Å². The van der Waals surface area contributed by atoms with E-state index in [1.807, 2.05) is 11.8 Å². The first-order valence-corrected chi connectivity index (χ1v) is 6.37. The van der Waals surface area contributed by atoms with Crippen LogP contribution in [-0.4, -0.2) is 11.0 Å². The highest BCUT2D eigenvalue weighted by atomic mass is 32.2. The first-order valence-electron chi connectivity index (χ1n) is 5.49. The zero-order valence-corrected chi connectivity index (χ0v) is 9.85. The van der Waals surface area contributed by atoms with Gasteiger partial charge in [-0.3, -0.25) is 4.79 Å². The molecule has 0 heterocycles. The van der Waals surface area contributed by atoms with Crippen LogP contribution in [0.2, 0.25) is 0 Å². The van der Waals surface area contributed by atoms with Crippen molar-refractivity contribution in [3.05, 3.63) is 29.8 Å². The second-order valence-electron chi connectivity index (χ2n) is 4.19. The van der Waals surface area contributed by atoms with Crippen LogP contribution in [0.15, 0.2) is 29.2 Å². The Morgan fingerprint density at radius 2 is 2.27 bits per heavy atom. The number of hydrogen-bond donors (Lipinski definition) is 0. The molecule has 0 amide bonds. The van der Waals surface area contributed by atoms with E-state index in [-0.39, 0.29) is 0 Å². The lowest BCUT2D eigenvalue weighted by Crippen LogP contribution is -2.16. The van der Waals surface area contributed by atoms with Gasteiger partial charge in [0.15, 0.2) is 0 Å². The summed E-state index contributed by atoms with van der Waals surface area (Å²) in [6, 6.07) is 8.53. The summed E-state index contributed by atoms with van der Waals surface area (Å²) < 4.78 is 0. The topological polar surface area (TPSA) is 17.1 Å². The number of rotatable bonds is 2. The molecule has 1 nitrogen and oxygen atoms in total. The van der Waals surface area contributed by atoms with Crippen LogP contribution in [0.3, 0.4) is 0 Å². The summed E-state index contributed by atoms with van der Waals surface area (Å²) in [5, 5.41) is 0.507. The predicted octanol–water partition coefficient (Wildman–Crippen LogP) is 3.60. The van der Waals surface area contributed by atoms with E-state index in [9.17, 15) is 4.79 Å². The van der Waals surface area contributed by atoms with Crippen molar-refractivity contribution in [2.75, 3.05) is 0 Å². The molecule has 1 unspecified atom stereocenters. The number of carbonyl (C=O) groups is 1. The molecule has 1 aromatic rings. The predicted molar refractivity (Wildman–Crippen MR) is 64.3 cm³/mol. The number of ketones is 1. The molecule has 15 heavy (non-hydrogen) atoms. The molecule has 1 fully saturated rings. The van der Waals surface area contributed by atoms with Gasteiger partial charge in [0, 0.05) is 23.0 Å². The number of hydrogen-bond acceptors (Lipinski definition) is 2. The van der Waals surface area contributed by atoms with E-state index in [1.165, 1.54) is 16.9 Å². The van der Waals surface area contributed by atoms with E-state index < -0.39 is 0 Å². The van der Waals surface area contributed by atoms with E-state index in [0.29, 0.717) is 11.0 Å². The molecule has 1 aliphatic rings. The number of benzene rings is 1. The van der Waals surface area contributed by atoms with E-state index in [1.54, 1.807) is 0 Å². The summed E-state index contributed by atoms with van der Waals surface area (Å²) in [7, 11) is 0. The molecule has 1 atom stereocenters. The van der Waals surface area contributed by atoms with E-state index >= 15 is 0 Å². The minimum absolute atomic E-state index is 0.436. The lowest BCUT2D eigenvalue weighted by Gasteiger charge is -2.20. The SMILES string of the molecule is Cc1cccc(SC2CCCC(=O)C2)c1. The molecule has 0 radical (unpaired) electrons. The number of carbonyl (C=O) groups excluding carboxylic acids is 1. The minimum atomic E-state index is 0.436. The molecular formula is C13H16OS. The molecule has 1 saturated carbocycles. The van der Waals surface area contributed by atoms with Crippen LogP contribution in [-0.2, 0) is 4.79 Å². The van der Waals surface area contributed by atoms with Gasteiger partial charge in [0.25, 0.3) is 0 Å². The van der Waals surface area contributed by atoms with Crippen molar-refractivity contribution >= 4 is 17.5 Å². The number of aryl methyl sites for hydroxylation is 1. The zero-order valence-electron chi connectivity index (χ0n) is 9.03. The average molecular weight is 220 g/mol. The van der Waals surface area contributed by atoms with E-state index in [2.05, 4.69) is 31.2 Å². The van der Waals surface area contributed by atoms with Crippen molar-refractivity contribution in [3.63, 3.8) is 0 Å². The Kier molecular flexibility index (Phi) is 3.47. The third-order valence-corrected chi connectivity index (χ3v) is 3.99. The van der Waals surface area contributed by atoms with Gasteiger partial charge in [0.05, 0.1) is 0 Å². The third-order valence-electron chi connectivity index (χ3n) is 2.73. The maximum absolute atomic E-state index is 11.3. The van der Waals surface area contributed by atoms with E-state index in [0.717, 1.165) is 19.3 Å². The molecule has 80 valence electrons. The summed E-state index contributed by atoms with van der Waals surface area (Å²) in [4.78, 5) is 12.6. The van der Waals surface area contributed by atoms with Crippen molar-refractivity contribution in [2.45, 2.75) is 42.8 Å². The fourth-order valence-corrected chi connectivity index (χ4v) is 3.32. The Hall–Kier alpha value is -0.760. The smallest absolute Gasteiger partial charge is 0.134 e. The maximum atomic E-state index is 11.3. The van der Waals surface area contributed by atoms with Gasteiger partial charge in [-0.25, -0.2) is 0 Å². The van der Waals surface area contributed by atoms with Crippen LogP contribution < -0.4 is 0 Å². The minimum Gasteiger partial charge on any atom is -0.300 e. The zero-order chi connectivity index (χ0) is 10.7. The van der Waals surface area contributed by atoms with Crippen molar-refractivity contribution in [2.24, 2.45) is 0 Å². The standard InChI is InChI=1S/C13H16OS/c1-10-4-2-6-12(8-10)15-13-7-3-5-11(14)9-13/h2,4,6,8,13H,3,5,7,9H2,1H3. The summed E-state index contributed by atoms with van der Waals surface area (Å²) in [5.41, 5.74) is 1.29. The first-order chi connectivity index (χ1) is 7.24. The Bertz CT molecular complexity index is 359. The van der Waals surface area contributed by atoms with Gasteiger partial charge in [0.1, 0.15) is 5.78 Å². The van der Waals surface area contributed by atoms with Gasteiger partial charge in [-0.1, -0.05) is 17.7 Å². The van der Waals surface area contributed by atoms with Gasteiger partial charge in [-0.15, -0.1) is 11.8 Å². The second-order valence-corrected chi connectivity index (χ2v) is 5.57. The van der Waals surface area contributed by atoms with Gasteiger partial charge >= 0.3 is 0 Å². The second kappa shape index (κ2) is 4.84. The van der Waals surface area contributed by atoms with Crippen LogP contribution in [0.25, 0.3) is 0 Å². The fourth-order valence-electron chi connectivity index (χ4n) is 1.97. The van der Waals surface area contributed by atoms with Gasteiger partial charge in [0.2, 0.25) is 0 Å². The number of Topliss-reactive ketones (excluding diaryl/α,β-unsaturated/α-hetero) is 1. The average Bonchev–Trinajstić information content (AvgIpc) is 2.17. The van der Waals surface area contributed by atoms with Gasteiger partial charge < -0.3 is 0 Å². The highest BCUT2D eigenvalue weighted by molar-refractivity contribution is 8.00. The van der Waals surface area contributed by atoms with Crippen LogP contribution >= 0.6 is 11.8 Å². The van der Waals surface area contributed by atoms with Gasteiger partial charge in [-0.05, 0) is 31.9 Å². The van der Waals surface area contributed by atoms with Crippen molar-refractivity contribution < 1.29 is 4.79 Å². The largest absolute Gasteiger partial charge is 0.300 e. The molecule has 2 heteroatoms. The highest BCUT2D eigenvalue weighted by Gasteiger charge is 2.20. The molecule has 1 aromatic carbocycles. The Balaban J connectivity index is 1.99. The highest BCUT2D eigenvalue weighted by Crippen LogP contribution is 2.32.